The average Bonchev–Trinajstić information content (AvgIpc) is 2.74. The first-order valence-electron chi connectivity index (χ1n) is 5.07. The molecule has 1 atom stereocenters. The fourth-order valence-corrected chi connectivity index (χ4v) is 1.90. The Labute approximate surface area is 98.3 Å². The lowest BCUT2D eigenvalue weighted by Gasteiger charge is -2.04. The first kappa shape index (κ1) is 10.9. The molecule has 3 rings (SSSR count). The van der Waals surface area contributed by atoms with E-state index in [1.54, 1.807) is 0 Å². The molecule has 0 fully saturated rings. The van der Waals surface area contributed by atoms with Crippen LogP contribution in [0.4, 0.5) is 0 Å². The Morgan fingerprint density at radius 2 is 1.38 bits per heavy atom. The molecule has 0 saturated carbocycles. The highest BCUT2D eigenvalue weighted by Crippen LogP contribution is 2.19. The number of hydrogen-bond acceptors (Lipinski definition) is 0. The van der Waals surface area contributed by atoms with Crippen LogP contribution in [0.25, 0.3) is 16.6 Å². The molecule has 2 aromatic carbocycles. The molecule has 3 aromatic rings. The van der Waals surface area contributed by atoms with Crippen molar-refractivity contribution < 1.29 is 0 Å². The molecule has 0 aliphatic carbocycles. The minimum absolute atomic E-state index is 0. The lowest BCUT2D eigenvalue weighted by molar-refractivity contribution is 1.13. The number of benzene rings is 2. The number of para-hydroxylation sites is 2. The maximum Gasteiger partial charge on any atom is 0.0528 e. The summed E-state index contributed by atoms with van der Waals surface area (Å²) in [5.41, 5.74) is 2.46. The highest BCUT2D eigenvalue weighted by molar-refractivity contribution is 6.92. The van der Waals surface area contributed by atoms with Crippen molar-refractivity contribution in [2.24, 2.45) is 0 Å². The summed E-state index contributed by atoms with van der Waals surface area (Å²) in [4.78, 5) is 0. The van der Waals surface area contributed by atoms with Crippen LogP contribution in [-0.2, 0) is 0 Å². The SMILES string of the molecule is P.c1ccc(-n2ccc3ccccc32)cc1. The first-order valence-corrected chi connectivity index (χ1v) is 5.07. The van der Waals surface area contributed by atoms with Gasteiger partial charge < -0.3 is 4.57 Å². The highest BCUT2D eigenvalue weighted by Gasteiger charge is 2.00. The van der Waals surface area contributed by atoms with Crippen molar-refractivity contribution in [3.05, 3.63) is 66.9 Å². The van der Waals surface area contributed by atoms with Gasteiger partial charge in [0.2, 0.25) is 0 Å². The summed E-state index contributed by atoms with van der Waals surface area (Å²) in [7, 11) is 0. The molecule has 1 nitrogen and oxygen atoms in total. The van der Waals surface area contributed by atoms with E-state index in [-0.39, 0.29) is 9.90 Å². The summed E-state index contributed by atoms with van der Waals surface area (Å²) >= 11 is 0. The van der Waals surface area contributed by atoms with Gasteiger partial charge in [-0.3, -0.25) is 0 Å². The fraction of sp³-hybridized carbons (Fsp3) is 0. The largest absolute Gasteiger partial charge is 0.317 e. The molecule has 0 N–H and O–H groups in total. The van der Waals surface area contributed by atoms with E-state index in [2.05, 4.69) is 65.4 Å². The third-order valence-electron chi connectivity index (χ3n) is 2.63. The van der Waals surface area contributed by atoms with E-state index in [0.29, 0.717) is 0 Å². The van der Waals surface area contributed by atoms with E-state index < -0.39 is 0 Å². The molecule has 80 valence electrons. The summed E-state index contributed by atoms with van der Waals surface area (Å²) in [6.45, 7) is 0. The molecule has 16 heavy (non-hydrogen) atoms. The Morgan fingerprint density at radius 3 is 2.19 bits per heavy atom. The van der Waals surface area contributed by atoms with Crippen molar-refractivity contribution in [3.63, 3.8) is 0 Å². The van der Waals surface area contributed by atoms with E-state index in [1.807, 2.05) is 6.07 Å². The van der Waals surface area contributed by atoms with Gasteiger partial charge in [0.1, 0.15) is 0 Å². The van der Waals surface area contributed by atoms with Gasteiger partial charge in [0.25, 0.3) is 0 Å². The smallest absolute Gasteiger partial charge is 0.0528 e. The summed E-state index contributed by atoms with van der Waals surface area (Å²) in [6, 6.07) is 20.9. The second-order valence-corrected chi connectivity index (χ2v) is 3.58. The van der Waals surface area contributed by atoms with E-state index in [4.69, 9.17) is 0 Å². The lowest BCUT2D eigenvalue weighted by atomic mass is 10.2. The third kappa shape index (κ3) is 1.75. The predicted octanol–water partition coefficient (Wildman–Crippen LogP) is 3.69. The van der Waals surface area contributed by atoms with Crippen LogP contribution in [0.15, 0.2) is 66.9 Å². The number of nitrogens with zero attached hydrogens (tertiary/aromatic N) is 1. The third-order valence-corrected chi connectivity index (χ3v) is 2.63. The average molecular weight is 227 g/mol. The monoisotopic (exact) mass is 227 g/mol. The van der Waals surface area contributed by atoms with Gasteiger partial charge in [-0.2, -0.15) is 9.90 Å². The molecule has 0 spiro atoms. The maximum atomic E-state index is 2.20. The van der Waals surface area contributed by atoms with Crippen LogP contribution in [0.5, 0.6) is 0 Å². The van der Waals surface area contributed by atoms with Gasteiger partial charge in [-0.15, -0.1) is 0 Å². The topological polar surface area (TPSA) is 4.93 Å². The Balaban J connectivity index is 0.000000963. The van der Waals surface area contributed by atoms with Crippen LogP contribution in [0.3, 0.4) is 0 Å². The van der Waals surface area contributed by atoms with Crippen molar-refractivity contribution in [1.82, 2.24) is 4.57 Å². The summed E-state index contributed by atoms with van der Waals surface area (Å²) in [5.74, 6) is 0. The Morgan fingerprint density at radius 1 is 0.688 bits per heavy atom. The van der Waals surface area contributed by atoms with Crippen molar-refractivity contribution in [2.75, 3.05) is 0 Å². The van der Waals surface area contributed by atoms with Crippen LogP contribution in [-0.4, -0.2) is 4.57 Å². The summed E-state index contributed by atoms with van der Waals surface area (Å²) in [6.07, 6.45) is 2.11. The van der Waals surface area contributed by atoms with Gasteiger partial charge in [-0.05, 0) is 29.7 Å². The second-order valence-electron chi connectivity index (χ2n) is 3.58. The molecular weight excluding hydrogens is 213 g/mol. The molecular formula is C14H14NP. The Kier molecular flexibility index (Phi) is 3.07. The number of aromatic nitrogens is 1. The molecule has 0 saturated heterocycles. The normalized spacial score (nSPS) is 10.0. The van der Waals surface area contributed by atoms with Crippen LogP contribution in [0.2, 0.25) is 0 Å². The molecule has 1 aromatic heterocycles. The second kappa shape index (κ2) is 4.51. The minimum atomic E-state index is 0. The Bertz CT molecular complexity index is 584. The molecule has 0 aliphatic heterocycles. The molecule has 1 heterocycles. The minimum Gasteiger partial charge on any atom is -0.317 e. The lowest BCUT2D eigenvalue weighted by Crippen LogP contribution is -1.89. The van der Waals surface area contributed by atoms with Crippen molar-refractivity contribution >= 4 is 20.8 Å². The highest BCUT2D eigenvalue weighted by atomic mass is 31.0. The van der Waals surface area contributed by atoms with E-state index in [9.17, 15) is 0 Å². The molecule has 0 amide bonds. The van der Waals surface area contributed by atoms with Gasteiger partial charge in [-0.25, -0.2) is 0 Å². The standard InChI is InChI=1S/C14H11N.H3P/c1-2-7-13(8-3-1)15-11-10-12-6-4-5-9-14(12)15;/h1-11H;1H3. The van der Waals surface area contributed by atoms with E-state index in [0.717, 1.165) is 0 Å². The van der Waals surface area contributed by atoms with Crippen LogP contribution < -0.4 is 0 Å². The van der Waals surface area contributed by atoms with Crippen molar-refractivity contribution in [3.8, 4) is 5.69 Å². The van der Waals surface area contributed by atoms with Gasteiger partial charge in [0.05, 0.1) is 5.52 Å². The maximum absolute atomic E-state index is 2.20. The zero-order chi connectivity index (χ0) is 10.1. The molecule has 0 bridgehead atoms. The van der Waals surface area contributed by atoms with Crippen LogP contribution >= 0.6 is 9.90 Å². The van der Waals surface area contributed by atoms with Gasteiger partial charge in [0.15, 0.2) is 0 Å². The van der Waals surface area contributed by atoms with Gasteiger partial charge >= 0.3 is 0 Å². The van der Waals surface area contributed by atoms with Crippen molar-refractivity contribution in [1.29, 1.82) is 0 Å². The van der Waals surface area contributed by atoms with Gasteiger partial charge in [-0.1, -0.05) is 36.4 Å². The quantitative estimate of drug-likeness (QED) is 0.559. The van der Waals surface area contributed by atoms with E-state index in [1.165, 1.54) is 16.6 Å². The zero-order valence-electron chi connectivity index (χ0n) is 9.01. The summed E-state index contributed by atoms with van der Waals surface area (Å²) in [5, 5.41) is 1.28. The van der Waals surface area contributed by atoms with Gasteiger partial charge in [0, 0.05) is 11.9 Å². The van der Waals surface area contributed by atoms with E-state index >= 15 is 0 Å². The Hall–Kier alpha value is -1.59. The zero-order valence-corrected chi connectivity index (χ0v) is 10.4. The van der Waals surface area contributed by atoms with Crippen molar-refractivity contribution in [2.45, 2.75) is 0 Å². The number of rotatable bonds is 1. The predicted molar refractivity (Wildman–Crippen MR) is 74.4 cm³/mol. The number of hydrogen-bond donors (Lipinski definition) is 0. The fourth-order valence-electron chi connectivity index (χ4n) is 1.90. The molecule has 1 unspecified atom stereocenters. The number of fused-ring (bicyclic) bond motifs is 1. The molecule has 0 radical (unpaired) electrons. The molecule has 2 heteroatoms. The van der Waals surface area contributed by atoms with Crippen LogP contribution in [0, 0.1) is 0 Å². The van der Waals surface area contributed by atoms with Crippen LogP contribution in [0.1, 0.15) is 0 Å². The summed E-state index contributed by atoms with van der Waals surface area (Å²) < 4.78 is 2.20. The first-order chi connectivity index (χ1) is 7.45. The molecule has 0 aliphatic rings.